The van der Waals surface area contributed by atoms with Crippen molar-refractivity contribution in [1.82, 2.24) is 4.98 Å². The van der Waals surface area contributed by atoms with Gasteiger partial charge in [0.15, 0.2) is 0 Å². The van der Waals surface area contributed by atoms with Gasteiger partial charge >= 0.3 is 0 Å². The molecule has 15 heavy (non-hydrogen) atoms. The molecule has 2 nitrogen and oxygen atoms in total. The maximum Gasteiger partial charge on any atom is 0.0991 e. The van der Waals surface area contributed by atoms with E-state index in [0.29, 0.717) is 5.56 Å². The normalized spacial score (nSPS) is 9.60. The van der Waals surface area contributed by atoms with Crippen LogP contribution >= 0.6 is 15.9 Å². The molecule has 0 aliphatic heterocycles. The highest BCUT2D eigenvalue weighted by molar-refractivity contribution is 9.10. The van der Waals surface area contributed by atoms with E-state index in [-0.39, 0.29) is 0 Å². The van der Waals surface area contributed by atoms with Crippen molar-refractivity contribution in [3.63, 3.8) is 0 Å². The van der Waals surface area contributed by atoms with E-state index in [1.165, 1.54) is 0 Å². The number of pyridine rings is 1. The fourth-order valence-corrected chi connectivity index (χ4v) is 1.84. The number of rotatable bonds is 1. The summed E-state index contributed by atoms with van der Waals surface area (Å²) < 4.78 is 0.931. The first-order valence-corrected chi connectivity index (χ1v) is 5.20. The zero-order chi connectivity index (χ0) is 10.7. The molecule has 0 unspecified atom stereocenters. The highest BCUT2D eigenvalue weighted by Gasteiger charge is 2.02. The molecule has 3 heteroatoms. The van der Waals surface area contributed by atoms with Crippen molar-refractivity contribution in [2.24, 2.45) is 0 Å². The fraction of sp³-hybridized carbons (Fsp3) is 0. The third kappa shape index (κ3) is 2.05. The van der Waals surface area contributed by atoms with Crippen molar-refractivity contribution in [2.45, 2.75) is 0 Å². The summed E-state index contributed by atoms with van der Waals surface area (Å²) in [4.78, 5) is 4.00. The maximum atomic E-state index is 8.80. The van der Waals surface area contributed by atoms with Crippen LogP contribution in [0.1, 0.15) is 5.56 Å². The first-order valence-electron chi connectivity index (χ1n) is 4.41. The first-order chi connectivity index (χ1) is 7.31. The smallest absolute Gasteiger partial charge is 0.0991 e. The molecule has 1 aromatic carbocycles. The Hall–Kier alpha value is -1.66. The number of aromatic nitrogens is 1. The quantitative estimate of drug-likeness (QED) is 0.787. The minimum absolute atomic E-state index is 0.663. The minimum Gasteiger partial charge on any atom is -0.264 e. The van der Waals surface area contributed by atoms with Crippen molar-refractivity contribution < 1.29 is 0 Å². The molecule has 0 fully saturated rings. The molecule has 0 saturated heterocycles. The third-order valence-electron chi connectivity index (χ3n) is 2.08. The summed E-state index contributed by atoms with van der Waals surface area (Å²) in [6.07, 6.45) is 3.48. The van der Waals surface area contributed by atoms with Gasteiger partial charge in [-0.1, -0.05) is 12.1 Å². The first kappa shape index (κ1) is 9.88. The van der Waals surface area contributed by atoms with Gasteiger partial charge in [0.05, 0.1) is 11.6 Å². The predicted molar refractivity (Wildman–Crippen MR) is 62.1 cm³/mol. The van der Waals surface area contributed by atoms with Gasteiger partial charge in [-0.3, -0.25) is 4.98 Å². The van der Waals surface area contributed by atoms with E-state index in [4.69, 9.17) is 5.26 Å². The lowest BCUT2D eigenvalue weighted by atomic mass is 10.1. The average Bonchev–Trinajstić information content (AvgIpc) is 2.30. The standard InChI is InChI=1S/C12H7BrN2/c13-12-8-15-5-4-11(12)10-3-1-2-9(6-10)7-14/h1-6,8H. The van der Waals surface area contributed by atoms with Crippen molar-refractivity contribution in [2.75, 3.05) is 0 Å². The van der Waals surface area contributed by atoms with Gasteiger partial charge in [0, 0.05) is 16.9 Å². The molecule has 1 aromatic heterocycles. The number of nitrogens with zero attached hydrogens (tertiary/aromatic N) is 2. The molecule has 2 rings (SSSR count). The van der Waals surface area contributed by atoms with Crippen LogP contribution in [0, 0.1) is 11.3 Å². The summed E-state index contributed by atoms with van der Waals surface area (Å²) >= 11 is 3.43. The molecule has 0 aliphatic rings. The minimum atomic E-state index is 0.663. The Kier molecular flexibility index (Phi) is 2.79. The van der Waals surface area contributed by atoms with Gasteiger partial charge in [-0.25, -0.2) is 0 Å². The molecular formula is C12H7BrN2. The van der Waals surface area contributed by atoms with Crippen LogP contribution in [0.5, 0.6) is 0 Å². The van der Waals surface area contributed by atoms with E-state index in [9.17, 15) is 0 Å². The zero-order valence-electron chi connectivity index (χ0n) is 7.81. The molecule has 0 N–H and O–H groups in total. The highest BCUT2D eigenvalue weighted by atomic mass is 79.9. The summed E-state index contributed by atoms with van der Waals surface area (Å²) in [6, 6.07) is 11.5. The average molecular weight is 259 g/mol. The van der Waals surface area contributed by atoms with Crippen molar-refractivity contribution in [3.8, 4) is 17.2 Å². The van der Waals surface area contributed by atoms with Gasteiger partial charge in [-0.15, -0.1) is 0 Å². The van der Waals surface area contributed by atoms with Gasteiger partial charge in [0.1, 0.15) is 0 Å². The maximum absolute atomic E-state index is 8.80. The monoisotopic (exact) mass is 258 g/mol. The molecule has 0 radical (unpaired) electrons. The Morgan fingerprint density at radius 2 is 2.13 bits per heavy atom. The van der Waals surface area contributed by atoms with Gasteiger partial charge in [0.2, 0.25) is 0 Å². The summed E-state index contributed by atoms with van der Waals surface area (Å²) in [6.45, 7) is 0. The topological polar surface area (TPSA) is 36.7 Å². The SMILES string of the molecule is N#Cc1cccc(-c2ccncc2Br)c1. The van der Waals surface area contributed by atoms with Gasteiger partial charge < -0.3 is 0 Å². The number of hydrogen-bond acceptors (Lipinski definition) is 2. The Morgan fingerprint density at radius 3 is 2.87 bits per heavy atom. The highest BCUT2D eigenvalue weighted by Crippen LogP contribution is 2.27. The third-order valence-corrected chi connectivity index (χ3v) is 2.71. The lowest BCUT2D eigenvalue weighted by Crippen LogP contribution is -1.82. The van der Waals surface area contributed by atoms with E-state index in [0.717, 1.165) is 15.6 Å². The van der Waals surface area contributed by atoms with Gasteiger partial charge in [-0.05, 0) is 45.3 Å². The number of benzene rings is 1. The van der Waals surface area contributed by atoms with Crippen molar-refractivity contribution in [3.05, 3.63) is 52.8 Å². The van der Waals surface area contributed by atoms with Crippen LogP contribution < -0.4 is 0 Å². The summed E-state index contributed by atoms with van der Waals surface area (Å²) in [7, 11) is 0. The molecule has 72 valence electrons. The molecule has 0 atom stereocenters. The van der Waals surface area contributed by atoms with Crippen LogP contribution in [-0.2, 0) is 0 Å². The molecule has 2 aromatic rings. The fourth-order valence-electron chi connectivity index (χ4n) is 1.37. The van der Waals surface area contributed by atoms with E-state index < -0.39 is 0 Å². The molecule has 1 heterocycles. The van der Waals surface area contributed by atoms with E-state index in [1.807, 2.05) is 24.3 Å². The van der Waals surface area contributed by atoms with Crippen LogP contribution in [0.15, 0.2) is 47.2 Å². The molecular weight excluding hydrogens is 252 g/mol. The lowest BCUT2D eigenvalue weighted by Gasteiger charge is -2.03. The Morgan fingerprint density at radius 1 is 1.27 bits per heavy atom. The molecule has 0 saturated carbocycles. The zero-order valence-corrected chi connectivity index (χ0v) is 9.40. The van der Waals surface area contributed by atoms with Crippen LogP contribution in [0.25, 0.3) is 11.1 Å². The molecule has 0 bridgehead atoms. The Balaban J connectivity index is 2.55. The second-order valence-corrected chi connectivity index (χ2v) is 3.90. The number of halogens is 1. The molecule has 0 aliphatic carbocycles. The Bertz CT molecular complexity index is 529. The Labute approximate surface area is 96.3 Å². The van der Waals surface area contributed by atoms with Gasteiger partial charge in [0.25, 0.3) is 0 Å². The predicted octanol–water partition coefficient (Wildman–Crippen LogP) is 3.38. The van der Waals surface area contributed by atoms with E-state index in [1.54, 1.807) is 18.5 Å². The second kappa shape index (κ2) is 4.24. The second-order valence-electron chi connectivity index (χ2n) is 3.05. The number of hydrogen-bond donors (Lipinski definition) is 0. The van der Waals surface area contributed by atoms with Crippen LogP contribution in [0.2, 0.25) is 0 Å². The number of nitriles is 1. The van der Waals surface area contributed by atoms with Crippen molar-refractivity contribution >= 4 is 15.9 Å². The summed E-state index contributed by atoms with van der Waals surface area (Å²) in [5.41, 5.74) is 2.72. The van der Waals surface area contributed by atoms with Gasteiger partial charge in [-0.2, -0.15) is 5.26 Å². The van der Waals surface area contributed by atoms with E-state index >= 15 is 0 Å². The molecule has 0 amide bonds. The summed E-state index contributed by atoms with van der Waals surface area (Å²) in [5, 5.41) is 8.80. The van der Waals surface area contributed by atoms with Crippen LogP contribution in [-0.4, -0.2) is 4.98 Å². The van der Waals surface area contributed by atoms with Crippen LogP contribution in [0.3, 0.4) is 0 Å². The largest absolute Gasteiger partial charge is 0.264 e. The van der Waals surface area contributed by atoms with Crippen molar-refractivity contribution in [1.29, 1.82) is 5.26 Å². The lowest BCUT2D eigenvalue weighted by molar-refractivity contribution is 1.31. The van der Waals surface area contributed by atoms with Crippen LogP contribution in [0.4, 0.5) is 0 Å². The molecule has 0 spiro atoms. The van der Waals surface area contributed by atoms with E-state index in [2.05, 4.69) is 27.0 Å². The summed E-state index contributed by atoms with van der Waals surface area (Å²) in [5.74, 6) is 0.